The van der Waals surface area contributed by atoms with Crippen LogP contribution in [0.3, 0.4) is 0 Å². The molecule has 0 spiro atoms. The van der Waals surface area contributed by atoms with E-state index in [4.69, 9.17) is 9.31 Å². The van der Waals surface area contributed by atoms with E-state index in [1.165, 1.54) is 12.1 Å². The Kier molecular flexibility index (Phi) is 5.07. The monoisotopic (exact) mass is 416 g/mol. The highest BCUT2D eigenvalue weighted by molar-refractivity contribution is 6.62. The number of benzene rings is 2. The van der Waals surface area contributed by atoms with E-state index >= 15 is 0 Å². The van der Waals surface area contributed by atoms with Gasteiger partial charge in [0.15, 0.2) is 0 Å². The van der Waals surface area contributed by atoms with Gasteiger partial charge in [0.2, 0.25) is 0 Å². The third-order valence-corrected chi connectivity index (χ3v) is 5.44. The minimum Gasteiger partial charge on any atom is -0.399 e. The molecule has 29 heavy (non-hydrogen) atoms. The van der Waals surface area contributed by atoms with E-state index in [1.807, 2.05) is 27.7 Å². The molecule has 0 bridgehead atoms. The first-order chi connectivity index (χ1) is 13.2. The highest BCUT2D eigenvalue weighted by atomic mass is 19.4. The Morgan fingerprint density at radius 2 is 1.24 bits per heavy atom. The van der Waals surface area contributed by atoms with Crippen molar-refractivity contribution >= 4 is 12.6 Å². The van der Waals surface area contributed by atoms with Crippen LogP contribution in [0.15, 0.2) is 42.5 Å². The third-order valence-electron chi connectivity index (χ3n) is 5.44. The van der Waals surface area contributed by atoms with E-state index in [0.717, 1.165) is 18.2 Å². The van der Waals surface area contributed by atoms with Gasteiger partial charge in [0.25, 0.3) is 0 Å². The number of hydrogen-bond donors (Lipinski definition) is 0. The zero-order valence-electron chi connectivity index (χ0n) is 16.2. The van der Waals surface area contributed by atoms with Crippen LogP contribution >= 0.6 is 0 Å². The predicted molar refractivity (Wildman–Crippen MR) is 96.6 cm³/mol. The van der Waals surface area contributed by atoms with Gasteiger partial charge < -0.3 is 9.31 Å². The largest absolute Gasteiger partial charge is 0.494 e. The van der Waals surface area contributed by atoms with Gasteiger partial charge in [0.1, 0.15) is 5.82 Å². The van der Waals surface area contributed by atoms with Crippen molar-refractivity contribution < 1.29 is 35.7 Å². The summed E-state index contributed by atoms with van der Waals surface area (Å²) in [5.41, 5.74) is -4.49. The summed E-state index contributed by atoms with van der Waals surface area (Å²) in [4.78, 5) is 0. The van der Waals surface area contributed by atoms with E-state index in [1.54, 1.807) is 0 Å². The molecule has 0 unspecified atom stereocenters. The summed E-state index contributed by atoms with van der Waals surface area (Å²) < 4.78 is 94.1. The molecule has 1 heterocycles. The van der Waals surface area contributed by atoms with Crippen molar-refractivity contribution in [1.29, 1.82) is 0 Å². The Morgan fingerprint density at radius 1 is 0.759 bits per heavy atom. The van der Waals surface area contributed by atoms with Gasteiger partial charge in [0, 0.05) is 5.56 Å². The first-order valence-corrected chi connectivity index (χ1v) is 8.87. The molecule has 1 aliphatic heterocycles. The molecule has 1 saturated heterocycles. The number of alkyl halides is 5. The van der Waals surface area contributed by atoms with Crippen LogP contribution in [0, 0.1) is 5.82 Å². The summed E-state index contributed by atoms with van der Waals surface area (Å²) in [6, 6.07) is 6.55. The molecule has 0 aromatic heterocycles. The van der Waals surface area contributed by atoms with Crippen LogP contribution in [-0.4, -0.2) is 18.3 Å². The normalized spacial score (nSPS) is 18.9. The maximum Gasteiger partial charge on any atom is 0.494 e. The van der Waals surface area contributed by atoms with E-state index in [9.17, 15) is 26.3 Å². The second kappa shape index (κ2) is 6.77. The Hall–Kier alpha value is -2.00. The van der Waals surface area contributed by atoms with Crippen LogP contribution in [0.5, 0.6) is 0 Å². The molecule has 0 radical (unpaired) electrons. The Bertz CT molecular complexity index is 890. The van der Waals surface area contributed by atoms with Gasteiger partial charge >= 0.3 is 19.2 Å². The van der Waals surface area contributed by atoms with Crippen molar-refractivity contribution in [1.82, 2.24) is 0 Å². The zero-order valence-corrected chi connectivity index (χ0v) is 16.2. The quantitative estimate of drug-likeness (QED) is 0.501. The molecule has 1 fully saturated rings. The van der Waals surface area contributed by atoms with Crippen LogP contribution in [0.1, 0.15) is 44.4 Å². The second-order valence-electron chi connectivity index (χ2n) is 7.95. The average Bonchev–Trinajstić information content (AvgIpc) is 2.81. The van der Waals surface area contributed by atoms with Crippen LogP contribution < -0.4 is 5.46 Å². The summed E-state index contributed by atoms with van der Waals surface area (Å²) >= 11 is 0. The fraction of sp³-hybridized carbons (Fsp3) is 0.400. The van der Waals surface area contributed by atoms with Gasteiger partial charge in [-0.15, -0.1) is 0 Å². The SMILES string of the molecule is CC1(C)OB(c2ccc(C(F)(F)c3cccc(C(F)(F)F)c3F)cc2)OC1(C)C. The van der Waals surface area contributed by atoms with Crippen molar-refractivity contribution in [3.63, 3.8) is 0 Å². The highest BCUT2D eigenvalue weighted by Crippen LogP contribution is 2.41. The third kappa shape index (κ3) is 3.77. The van der Waals surface area contributed by atoms with Gasteiger partial charge in [-0.3, -0.25) is 0 Å². The molecule has 0 N–H and O–H groups in total. The minimum atomic E-state index is -5.07. The average molecular weight is 416 g/mol. The molecule has 3 rings (SSSR count). The summed E-state index contributed by atoms with van der Waals surface area (Å²) in [6.45, 7) is 7.36. The summed E-state index contributed by atoms with van der Waals surface area (Å²) in [6.07, 6.45) is -5.07. The maximum atomic E-state index is 14.8. The molecule has 2 nitrogen and oxygen atoms in total. The van der Waals surface area contributed by atoms with Crippen molar-refractivity contribution in [2.24, 2.45) is 0 Å². The maximum absolute atomic E-state index is 14.8. The smallest absolute Gasteiger partial charge is 0.399 e. The molecule has 1 aliphatic rings. The van der Waals surface area contributed by atoms with E-state index in [0.29, 0.717) is 17.6 Å². The lowest BCUT2D eigenvalue weighted by molar-refractivity contribution is -0.140. The van der Waals surface area contributed by atoms with Gasteiger partial charge in [-0.1, -0.05) is 30.3 Å². The second-order valence-corrected chi connectivity index (χ2v) is 7.95. The number of rotatable bonds is 3. The molecular formula is C20H19BF6O2. The molecule has 0 saturated carbocycles. The van der Waals surface area contributed by atoms with Gasteiger partial charge in [-0.2, -0.15) is 22.0 Å². The Labute approximate surface area is 165 Å². The number of halogens is 6. The standard InChI is InChI=1S/C20H19BF6O2/c1-17(2)18(3,4)29-21(28-17)13-10-8-12(9-11-13)19(23,24)14-6-5-7-15(16(14)22)20(25,26)27/h5-11H,1-4H3. The van der Waals surface area contributed by atoms with Gasteiger partial charge in [-0.25, -0.2) is 4.39 Å². The van der Waals surface area contributed by atoms with E-state index in [2.05, 4.69) is 0 Å². The molecule has 2 aromatic carbocycles. The van der Waals surface area contributed by atoms with Crippen LogP contribution in [0.4, 0.5) is 26.3 Å². The topological polar surface area (TPSA) is 18.5 Å². The Morgan fingerprint density at radius 3 is 1.72 bits per heavy atom. The van der Waals surface area contributed by atoms with E-state index < -0.39 is 52.9 Å². The fourth-order valence-corrected chi connectivity index (χ4v) is 2.98. The van der Waals surface area contributed by atoms with Crippen LogP contribution in [0.25, 0.3) is 0 Å². The highest BCUT2D eigenvalue weighted by Gasteiger charge is 2.52. The lowest BCUT2D eigenvalue weighted by atomic mass is 9.78. The lowest BCUT2D eigenvalue weighted by Gasteiger charge is -2.32. The summed E-state index contributed by atoms with van der Waals surface area (Å²) in [5.74, 6) is -5.94. The van der Waals surface area contributed by atoms with Crippen molar-refractivity contribution in [3.05, 3.63) is 65.0 Å². The van der Waals surface area contributed by atoms with Gasteiger partial charge in [-0.05, 0) is 45.3 Å². The van der Waals surface area contributed by atoms with Crippen molar-refractivity contribution in [3.8, 4) is 0 Å². The molecule has 0 amide bonds. The van der Waals surface area contributed by atoms with Crippen LogP contribution in [-0.2, 0) is 21.4 Å². The first kappa shape index (κ1) is 21.7. The summed E-state index contributed by atoms with van der Waals surface area (Å²) in [7, 11) is -0.784. The number of hydrogen-bond acceptors (Lipinski definition) is 2. The van der Waals surface area contributed by atoms with Crippen molar-refractivity contribution in [2.75, 3.05) is 0 Å². The minimum absolute atomic E-state index is 0.427. The zero-order chi connectivity index (χ0) is 21.8. The fourth-order valence-electron chi connectivity index (χ4n) is 2.98. The molecule has 0 aliphatic carbocycles. The van der Waals surface area contributed by atoms with Crippen molar-refractivity contribution in [2.45, 2.75) is 51.0 Å². The first-order valence-electron chi connectivity index (χ1n) is 8.87. The predicted octanol–water partition coefficient (Wildman–Crippen LogP) is 5.28. The van der Waals surface area contributed by atoms with Gasteiger partial charge in [0.05, 0.1) is 22.3 Å². The molecular weight excluding hydrogens is 397 g/mol. The van der Waals surface area contributed by atoms with Crippen LogP contribution in [0.2, 0.25) is 0 Å². The van der Waals surface area contributed by atoms with E-state index in [-0.39, 0.29) is 0 Å². The summed E-state index contributed by atoms with van der Waals surface area (Å²) in [5, 5.41) is 0. The molecule has 0 atom stereocenters. The molecule has 2 aromatic rings. The lowest BCUT2D eigenvalue weighted by Crippen LogP contribution is -2.41. The molecule has 9 heteroatoms. The molecule has 156 valence electrons. The Balaban J connectivity index is 1.92.